The number of nitrogens with zero attached hydrogens (tertiary/aromatic N) is 6. The molecule has 26 rings (SSSR count). The van der Waals surface area contributed by atoms with Gasteiger partial charge in [-0.05, 0) is 330 Å². The highest BCUT2D eigenvalue weighted by Crippen LogP contribution is 2.45. The molecule has 704 valence electrons. The van der Waals surface area contributed by atoms with Gasteiger partial charge in [0.1, 0.15) is 0 Å². The van der Waals surface area contributed by atoms with Crippen molar-refractivity contribution < 1.29 is 0 Å². The van der Waals surface area contributed by atoms with Crippen LogP contribution in [-0.2, 0) is 0 Å². The first-order chi connectivity index (χ1) is 74.3. The van der Waals surface area contributed by atoms with Gasteiger partial charge in [-0.3, -0.25) is 15.0 Å². The lowest BCUT2D eigenvalue weighted by atomic mass is 9.92. The van der Waals surface area contributed by atoms with Crippen LogP contribution in [0.25, 0.3) is 256 Å². The smallest absolute Gasteiger partial charge is 0.0716 e. The average molecular weight is 1910 g/mol. The first-order valence-corrected chi connectivity index (χ1v) is 50.8. The quantitative estimate of drug-likeness (QED) is 0.0757. The molecule has 0 spiro atoms. The number of benzene rings is 20. The van der Waals surface area contributed by atoms with Crippen molar-refractivity contribution in [2.45, 2.75) is 0 Å². The molecular formula is C144H98N6. The highest BCUT2D eigenvalue weighted by molar-refractivity contribution is 6.01. The van der Waals surface area contributed by atoms with Gasteiger partial charge in [-0.2, -0.15) is 0 Å². The van der Waals surface area contributed by atoms with E-state index in [1.807, 2.05) is 67.4 Å². The third-order valence-corrected chi connectivity index (χ3v) is 28.0. The van der Waals surface area contributed by atoms with Crippen LogP contribution in [0.3, 0.4) is 0 Å². The summed E-state index contributed by atoms with van der Waals surface area (Å²) in [5.41, 5.74) is 48.7. The van der Waals surface area contributed by atoms with E-state index < -0.39 is 0 Å². The van der Waals surface area contributed by atoms with Crippen molar-refractivity contribution in [3.63, 3.8) is 0 Å². The lowest BCUT2D eigenvalue weighted by molar-refractivity contribution is 1.32. The minimum Gasteiger partial charge on any atom is -0.265 e. The largest absolute Gasteiger partial charge is 0.265 e. The SMILES string of the molecule is c1ccc(-c2cc(-c3ccccc3)cc(-c3cccc(-c4cccc(-c5cc(-c6ccc(-c7ccccc7)nc6)c6ccccc6n5)c4)c3)c2)cc1.c1ccc(-c2cc(-c3ccccc3)cc(-c3cccc(-c4cccc(-c5cc(-c6ccc(-c7ccncc7)cc6)c6ccccc6n5)c4)c3)c2)cc1.c1ccc(-c2cc(-c3ccccc3)cc(-c3cccc(-c4cccc(-c5cc(-c6ccncc6)c6ccccc6n5)c4)c3)c2)cc1. The summed E-state index contributed by atoms with van der Waals surface area (Å²) in [6.45, 7) is 0. The number of hydrogen-bond acceptors (Lipinski definition) is 6. The van der Waals surface area contributed by atoms with Crippen molar-refractivity contribution in [2.75, 3.05) is 0 Å². The van der Waals surface area contributed by atoms with Crippen molar-refractivity contribution >= 4 is 32.7 Å². The molecule has 6 heterocycles. The summed E-state index contributed by atoms with van der Waals surface area (Å²) in [6, 6.07) is 201. The molecule has 0 aliphatic heterocycles. The molecule has 0 amide bonds. The summed E-state index contributed by atoms with van der Waals surface area (Å²) in [5.74, 6) is 0. The molecule has 0 aliphatic rings. The summed E-state index contributed by atoms with van der Waals surface area (Å²) in [7, 11) is 0. The van der Waals surface area contributed by atoms with E-state index in [-0.39, 0.29) is 0 Å². The Morgan fingerprint density at radius 3 is 0.573 bits per heavy atom. The summed E-state index contributed by atoms with van der Waals surface area (Å²) in [6.07, 6.45) is 9.33. The Morgan fingerprint density at radius 1 is 0.107 bits per heavy atom. The molecule has 6 heteroatoms. The molecule has 150 heavy (non-hydrogen) atoms. The molecule has 0 radical (unpaired) electrons. The lowest BCUT2D eigenvalue weighted by Crippen LogP contribution is -1.92. The van der Waals surface area contributed by atoms with Gasteiger partial charge in [0.2, 0.25) is 0 Å². The van der Waals surface area contributed by atoms with Crippen molar-refractivity contribution in [3.05, 3.63) is 595 Å². The van der Waals surface area contributed by atoms with Gasteiger partial charge >= 0.3 is 0 Å². The van der Waals surface area contributed by atoms with Crippen molar-refractivity contribution in [1.82, 2.24) is 29.9 Å². The Balaban J connectivity index is 0.000000120. The molecule has 0 unspecified atom stereocenters. The molecule has 6 aromatic heterocycles. The van der Waals surface area contributed by atoms with E-state index >= 15 is 0 Å². The molecule has 0 bridgehead atoms. The predicted molar refractivity (Wildman–Crippen MR) is 627 cm³/mol. The highest BCUT2D eigenvalue weighted by Gasteiger charge is 2.20. The van der Waals surface area contributed by atoms with Crippen LogP contribution in [0.4, 0.5) is 0 Å². The fraction of sp³-hybridized carbons (Fsp3) is 0. The Morgan fingerprint density at radius 2 is 0.293 bits per heavy atom. The molecular weight excluding hydrogens is 1810 g/mol. The van der Waals surface area contributed by atoms with Crippen LogP contribution in [0, 0.1) is 0 Å². The first kappa shape index (κ1) is 92.5. The van der Waals surface area contributed by atoms with Gasteiger partial charge in [-0.1, -0.05) is 406 Å². The zero-order valence-electron chi connectivity index (χ0n) is 82.3. The first-order valence-electron chi connectivity index (χ1n) is 50.8. The Hall–Kier alpha value is -19.9. The normalized spacial score (nSPS) is 11.1. The van der Waals surface area contributed by atoms with Crippen LogP contribution < -0.4 is 0 Å². The molecule has 0 saturated heterocycles. The molecule has 0 saturated carbocycles. The summed E-state index contributed by atoms with van der Waals surface area (Å²) in [5, 5.41) is 3.38. The number of aromatic nitrogens is 6. The monoisotopic (exact) mass is 1910 g/mol. The molecule has 20 aromatic carbocycles. The van der Waals surface area contributed by atoms with E-state index in [2.05, 4.69) is 538 Å². The number of rotatable bonds is 20. The summed E-state index contributed by atoms with van der Waals surface area (Å²) >= 11 is 0. The van der Waals surface area contributed by atoms with E-state index in [4.69, 9.17) is 19.9 Å². The van der Waals surface area contributed by atoms with Gasteiger partial charge in [0.15, 0.2) is 0 Å². The number of hydrogen-bond donors (Lipinski definition) is 0. The van der Waals surface area contributed by atoms with Crippen LogP contribution in [-0.4, -0.2) is 29.9 Å². The Kier molecular flexibility index (Phi) is 26.5. The second-order valence-electron chi connectivity index (χ2n) is 37.6. The second-order valence-corrected chi connectivity index (χ2v) is 37.6. The van der Waals surface area contributed by atoms with Crippen molar-refractivity contribution in [1.29, 1.82) is 0 Å². The number of fused-ring (bicyclic) bond motifs is 3. The number of pyridine rings is 6. The average Bonchev–Trinajstić information content (AvgIpc) is 0.780. The van der Waals surface area contributed by atoms with Gasteiger partial charge in [0.05, 0.1) is 39.3 Å². The predicted octanol–water partition coefficient (Wildman–Crippen LogP) is 38.2. The van der Waals surface area contributed by atoms with Gasteiger partial charge in [0.25, 0.3) is 0 Å². The number of para-hydroxylation sites is 3. The maximum Gasteiger partial charge on any atom is 0.0716 e. The van der Waals surface area contributed by atoms with E-state index in [1.54, 1.807) is 0 Å². The van der Waals surface area contributed by atoms with Gasteiger partial charge in [-0.25, -0.2) is 15.0 Å². The minimum absolute atomic E-state index is 0.932. The molecule has 0 N–H and O–H groups in total. The molecule has 0 atom stereocenters. The van der Waals surface area contributed by atoms with Crippen LogP contribution in [0.1, 0.15) is 0 Å². The third kappa shape index (κ3) is 20.6. The minimum atomic E-state index is 0.932. The molecule has 26 aromatic rings. The topological polar surface area (TPSA) is 77.3 Å². The van der Waals surface area contributed by atoms with Crippen molar-refractivity contribution in [3.8, 4) is 223 Å². The van der Waals surface area contributed by atoms with Gasteiger partial charge in [0, 0.05) is 75.0 Å². The molecule has 6 nitrogen and oxygen atoms in total. The second kappa shape index (κ2) is 42.9. The molecule has 0 aliphatic carbocycles. The Bertz CT molecular complexity index is 8750. The maximum absolute atomic E-state index is 5.17. The van der Waals surface area contributed by atoms with Crippen LogP contribution in [0.2, 0.25) is 0 Å². The van der Waals surface area contributed by atoms with E-state index in [9.17, 15) is 0 Å². The highest BCUT2D eigenvalue weighted by atomic mass is 14.7. The zero-order valence-corrected chi connectivity index (χ0v) is 82.3. The fourth-order valence-electron chi connectivity index (χ4n) is 20.3. The van der Waals surface area contributed by atoms with Crippen LogP contribution in [0.15, 0.2) is 595 Å². The van der Waals surface area contributed by atoms with Crippen LogP contribution >= 0.6 is 0 Å². The van der Waals surface area contributed by atoms with Gasteiger partial charge in [-0.15, -0.1) is 0 Å². The maximum atomic E-state index is 5.17. The summed E-state index contributed by atoms with van der Waals surface area (Å²) < 4.78 is 0. The fourth-order valence-corrected chi connectivity index (χ4v) is 20.3. The van der Waals surface area contributed by atoms with E-state index in [1.165, 1.54) is 122 Å². The van der Waals surface area contributed by atoms with Crippen molar-refractivity contribution in [2.24, 2.45) is 0 Å². The Labute approximate surface area is 874 Å². The van der Waals surface area contributed by atoms with Crippen LogP contribution in [0.5, 0.6) is 0 Å². The zero-order chi connectivity index (χ0) is 100. The standard InChI is InChI=1S/2C50H34N2.C44H30N2/c1-4-14-35(15-5-1)43-30-44(36-16-6-2-7-17-36)32-45(31-43)40-22-12-20-38(28-40)39-21-13-23-41(29-39)50-33-47(46-24-10-11-25-49(46)52-50)42-26-27-48(51-34-42)37-18-8-3-9-19-37;1-3-11-35(12-4-1)44-31-45(36-13-5-2-6-14-36)33-46(32-44)42-17-9-15-40(29-42)41-16-10-18-43(30-41)50-34-48(47-19-7-8-20-49(47)52-50)39-23-21-37(22-24-39)38-25-27-51-28-26-38;1-3-11-31(12-4-1)38-27-39(32-13-5-2-6-14-32)29-40(28-38)36-17-9-15-34(25-36)35-16-10-18-37(26-35)44-30-42(33-21-23-45-24-22-33)41-19-7-8-20-43(41)46-44/h2*1-34H;1-30H. The third-order valence-electron chi connectivity index (χ3n) is 28.0. The van der Waals surface area contributed by atoms with E-state index in [0.29, 0.717) is 0 Å². The van der Waals surface area contributed by atoms with E-state index in [0.717, 1.165) is 133 Å². The lowest BCUT2D eigenvalue weighted by Gasteiger charge is -2.13. The molecule has 0 fully saturated rings. The van der Waals surface area contributed by atoms with Gasteiger partial charge < -0.3 is 0 Å². The summed E-state index contributed by atoms with van der Waals surface area (Å²) in [4.78, 5) is 28.7.